The molecule has 1 N–H and O–H groups in total. The van der Waals surface area contributed by atoms with E-state index in [4.69, 9.17) is 0 Å². The fraction of sp³-hybridized carbons (Fsp3) is 0.562. The summed E-state index contributed by atoms with van der Waals surface area (Å²) in [7, 11) is 1.69. The molecular weight excluding hydrogens is 274 g/mol. The third kappa shape index (κ3) is 3.59. The molecule has 0 aromatic heterocycles. The minimum atomic E-state index is -0.885. The van der Waals surface area contributed by atoms with E-state index in [1.807, 2.05) is 0 Å². The highest BCUT2D eigenvalue weighted by atomic mass is 19.2. The van der Waals surface area contributed by atoms with Gasteiger partial charge in [-0.3, -0.25) is 4.79 Å². The number of amides is 1. The highest BCUT2D eigenvalue weighted by molar-refractivity contribution is 5.82. The van der Waals surface area contributed by atoms with Crippen LogP contribution in [0.2, 0.25) is 0 Å². The second kappa shape index (κ2) is 6.10. The van der Waals surface area contributed by atoms with Crippen LogP contribution in [0, 0.1) is 17.0 Å². The van der Waals surface area contributed by atoms with E-state index in [-0.39, 0.29) is 23.9 Å². The van der Waals surface area contributed by atoms with Crippen LogP contribution in [0.1, 0.15) is 32.3 Å². The van der Waals surface area contributed by atoms with Crippen molar-refractivity contribution in [3.8, 4) is 0 Å². The Morgan fingerprint density at radius 3 is 2.71 bits per heavy atom. The average Bonchev–Trinajstić information content (AvgIpc) is 2.41. The second-order valence-corrected chi connectivity index (χ2v) is 6.42. The van der Waals surface area contributed by atoms with Crippen molar-refractivity contribution in [1.29, 1.82) is 0 Å². The second-order valence-electron chi connectivity index (χ2n) is 6.42. The lowest BCUT2D eigenvalue weighted by Crippen LogP contribution is -2.55. The van der Waals surface area contributed by atoms with E-state index in [0.717, 1.165) is 31.5 Å². The van der Waals surface area contributed by atoms with Gasteiger partial charge in [0.25, 0.3) is 0 Å². The lowest BCUT2D eigenvalue weighted by molar-refractivity contribution is -0.136. The van der Waals surface area contributed by atoms with Gasteiger partial charge < -0.3 is 10.2 Å². The molecule has 0 saturated carbocycles. The van der Waals surface area contributed by atoms with Gasteiger partial charge in [-0.1, -0.05) is 19.9 Å². The number of hydrogen-bond donors (Lipinski definition) is 1. The van der Waals surface area contributed by atoms with Crippen LogP contribution in [0.5, 0.6) is 0 Å². The molecule has 1 saturated heterocycles. The van der Waals surface area contributed by atoms with Crippen LogP contribution >= 0.6 is 0 Å². The molecule has 0 aliphatic carbocycles. The van der Waals surface area contributed by atoms with Gasteiger partial charge in [-0.05, 0) is 42.5 Å². The minimum Gasteiger partial charge on any atom is -0.340 e. The van der Waals surface area contributed by atoms with Crippen molar-refractivity contribution in [2.45, 2.75) is 39.3 Å². The zero-order valence-corrected chi connectivity index (χ0v) is 12.7. The standard InChI is InChI=1S/C16H22F2N2O/c1-16(2)7-4-8-19-14(16)15(21)20(3)10-11-5-6-12(17)13(18)9-11/h5-6,9,14,19H,4,7-8,10H2,1-3H3. The number of rotatable bonds is 3. The molecule has 1 aliphatic heterocycles. The minimum absolute atomic E-state index is 0.00978. The monoisotopic (exact) mass is 296 g/mol. The highest BCUT2D eigenvalue weighted by Gasteiger charge is 2.38. The van der Waals surface area contributed by atoms with Crippen molar-refractivity contribution in [3.05, 3.63) is 35.4 Å². The first kappa shape index (κ1) is 15.9. The Balaban J connectivity index is 2.06. The van der Waals surface area contributed by atoms with Crippen molar-refractivity contribution < 1.29 is 13.6 Å². The van der Waals surface area contributed by atoms with E-state index < -0.39 is 11.6 Å². The summed E-state index contributed by atoms with van der Waals surface area (Å²) in [5, 5.41) is 3.27. The SMILES string of the molecule is CN(Cc1ccc(F)c(F)c1)C(=O)C1NCCCC1(C)C. The predicted octanol–water partition coefficient (Wildman–Crippen LogP) is 2.70. The van der Waals surface area contributed by atoms with Crippen molar-refractivity contribution in [3.63, 3.8) is 0 Å². The predicted molar refractivity (Wildman–Crippen MR) is 77.6 cm³/mol. The Morgan fingerprint density at radius 2 is 2.10 bits per heavy atom. The Bertz CT molecular complexity index is 531. The molecule has 0 spiro atoms. The summed E-state index contributed by atoms with van der Waals surface area (Å²) in [6.45, 7) is 5.25. The van der Waals surface area contributed by atoms with Crippen molar-refractivity contribution in [2.24, 2.45) is 5.41 Å². The molecular formula is C16H22F2N2O. The largest absolute Gasteiger partial charge is 0.340 e. The number of halogens is 2. The van der Waals surface area contributed by atoms with Gasteiger partial charge in [0.15, 0.2) is 11.6 Å². The van der Waals surface area contributed by atoms with Gasteiger partial charge in [-0.2, -0.15) is 0 Å². The average molecular weight is 296 g/mol. The molecule has 0 radical (unpaired) electrons. The quantitative estimate of drug-likeness (QED) is 0.930. The molecule has 1 heterocycles. The van der Waals surface area contributed by atoms with Crippen LogP contribution in [0.15, 0.2) is 18.2 Å². The van der Waals surface area contributed by atoms with Crippen LogP contribution in [0.4, 0.5) is 8.78 Å². The number of carbonyl (C=O) groups is 1. The molecule has 1 aromatic rings. The van der Waals surface area contributed by atoms with Crippen molar-refractivity contribution in [1.82, 2.24) is 10.2 Å². The molecule has 1 aliphatic rings. The third-order valence-corrected chi connectivity index (χ3v) is 4.15. The van der Waals surface area contributed by atoms with E-state index in [9.17, 15) is 13.6 Å². The number of nitrogens with one attached hydrogen (secondary N) is 1. The molecule has 3 nitrogen and oxygen atoms in total. The van der Waals surface area contributed by atoms with E-state index in [1.54, 1.807) is 11.9 Å². The van der Waals surface area contributed by atoms with E-state index >= 15 is 0 Å². The topological polar surface area (TPSA) is 32.3 Å². The summed E-state index contributed by atoms with van der Waals surface area (Å²) < 4.78 is 26.1. The molecule has 1 aromatic carbocycles. The van der Waals surface area contributed by atoms with Gasteiger partial charge in [-0.15, -0.1) is 0 Å². The van der Waals surface area contributed by atoms with Crippen molar-refractivity contribution >= 4 is 5.91 Å². The summed E-state index contributed by atoms with van der Waals surface area (Å²) in [5.74, 6) is -1.77. The van der Waals surface area contributed by atoms with Gasteiger partial charge in [0.2, 0.25) is 5.91 Å². The summed E-state index contributed by atoms with van der Waals surface area (Å²) in [6.07, 6.45) is 2.05. The number of carbonyl (C=O) groups excluding carboxylic acids is 1. The lowest BCUT2D eigenvalue weighted by atomic mass is 9.77. The van der Waals surface area contributed by atoms with Gasteiger partial charge >= 0.3 is 0 Å². The molecule has 2 rings (SSSR count). The van der Waals surface area contributed by atoms with Crippen LogP contribution < -0.4 is 5.32 Å². The highest BCUT2D eigenvalue weighted by Crippen LogP contribution is 2.31. The summed E-state index contributed by atoms with van der Waals surface area (Å²) >= 11 is 0. The number of benzene rings is 1. The molecule has 1 atom stereocenters. The fourth-order valence-electron chi connectivity index (χ4n) is 2.84. The number of nitrogens with zero attached hydrogens (tertiary/aromatic N) is 1. The molecule has 116 valence electrons. The van der Waals surface area contributed by atoms with E-state index in [2.05, 4.69) is 19.2 Å². The Hall–Kier alpha value is -1.49. The third-order valence-electron chi connectivity index (χ3n) is 4.15. The molecule has 1 amide bonds. The fourth-order valence-corrected chi connectivity index (χ4v) is 2.84. The van der Waals surface area contributed by atoms with Crippen LogP contribution in [-0.2, 0) is 11.3 Å². The Labute approximate surface area is 124 Å². The molecule has 0 bridgehead atoms. The molecule has 21 heavy (non-hydrogen) atoms. The van der Waals surface area contributed by atoms with Crippen LogP contribution in [-0.4, -0.2) is 30.4 Å². The first-order valence-corrected chi connectivity index (χ1v) is 7.23. The maximum Gasteiger partial charge on any atom is 0.240 e. The van der Waals surface area contributed by atoms with E-state index in [1.165, 1.54) is 6.07 Å². The first-order valence-electron chi connectivity index (χ1n) is 7.23. The maximum atomic E-state index is 13.2. The van der Waals surface area contributed by atoms with Gasteiger partial charge in [0.05, 0.1) is 6.04 Å². The lowest BCUT2D eigenvalue weighted by Gasteiger charge is -2.40. The smallest absolute Gasteiger partial charge is 0.240 e. The number of likely N-dealkylation sites (N-methyl/N-ethyl adjacent to an activating group) is 1. The summed E-state index contributed by atoms with van der Waals surface area (Å²) in [6, 6.07) is 3.49. The normalized spacial score (nSPS) is 21.1. The van der Waals surface area contributed by atoms with Crippen LogP contribution in [0.3, 0.4) is 0 Å². The van der Waals surface area contributed by atoms with Gasteiger partial charge in [0, 0.05) is 13.6 Å². The Morgan fingerprint density at radius 1 is 1.38 bits per heavy atom. The maximum absolute atomic E-state index is 13.2. The van der Waals surface area contributed by atoms with E-state index in [0.29, 0.717) is 5.56 Å². The molecule has 1 fully saturated rings. The van der Waals surface area contributed by atoms with Gasteiger partial charge in [0.1, 0.15) is 0 Å². The number of piperidine rings is 1. The first-order chi connectivity index (χ1) is 9.81. The van der Waals surface area contributed by atoms with Crippen molar-refractivity contribution in [2.75, 3.05) is 13.6 Å². The zero-order chi connectivity index (χ0) is 15.6. The molecule has 1 unspecified atom stereocenters. The number of hydrogen-bond acceptors (Lipinski definition) is 2. The van der Waals surface area contributed by atoms with Crippen LogP contribution in [0.25, 0.3) is 0 Å². The summed E-state index contributed by atoms with van der Waals surface area (Å²) in [5.41, 5.74) is 0.482. The molecule has 5 heteroatoms. The zero-order valence-electron chi connectivity index (χ0n) is 12.7. The Kier molecular flexibility index (Phi) is 4.61. The van der Waals surface area contributed by atoms with Gasteiger partial charge in [-0.25, -0.2) is 8.78 Å². The summed E-state index contributed by atoms with van der Waals surface area (Å²) in [4.78, 5) is 14.1.